The van der Waals surface area contributed by atoms with Gasteiger partial charge < -0.3 is 0 Å². The first-order chi connectivity index (χ1) is 21.4. The van der Waals surface area contributed by atoms with Gasteiger partial charge >= 0.3 is 0 Å². The number of benzene rings is 8. The van der Waals surface area contributed by atoms with E-state index in [1.165, 1.54) is 88.0 Å². The van der Waals surface area contributed by atoms with Gasteiger partial charge in [-0.2, -0.15) is 0 Å². The van der Waals surface area contributed by atoms with Crippen molar-refractivity contribution >= 4 is 32.3 Å². The molecule has 0 heteroatoms. The summed E-state index contributed by atoms with van der Waals surface area (Å²) in [6.45, 7) is 0. The summed E-state index contributed by atoms with van der Waals surface area (Å²) >= 11 is 0. The Morgan fingerprint density at radius 1 is 0.279 bits per heavy atom. The lowest BCUT2D eigenvalue weighted by Gasteiger charge is -2.30. The van der Waals surface area contributed by atoms with Crippen LogP contribution in [0.3, 0.4) is 0 Å². The highest BCUT2D eigenvalue weighted by atomic mass is 14.5. The second kappa shape index (κ2) is 8.31. The fraction of sp³-hybridized carbons (Fsp3) is 0.0233. The first kappa shape index (κ1) is 23.1. The standard InChI is InChI=1S/C43H26/c1-3-13-27(14-4-1)33-25-35-31-19-11-23-39-41(31)42-32(36(35)26-34(33)28-15-5-2-6-16-28)20-12-24-40(42)43(39)37-21-9-7-17-29(37)30-18-8-10-22-38(30)43/h1-26H. The summed E-state index contributed by atoms with van der Waals surface area (Å²) in [6, 6.07) is 58.8. The maximum atomic E-state index is 2.46. The summed E-state index contributed by atoms with van der Waals surface area (Å²) in [7, 11) is 0. The number of hydrogen-bond acceptors (Lipinski definition) is 0. The minimum Gasteiger partial charge on any atom is -0.0622 e. The van der Waals surface area contributed by atoms with E-state index in [-0.39, 0.29) is 5.41 Å². The van der Waals surface area contributed by atoms with Gasteiger partial charge in [0.15, 0.2) is 0 Å². The minimum absolute atomic E-state index is 0.323. The molecule has 0 bridgehead atoms. The van der Waals surface area contributed by atoms with Gasteiger partial charge in [0, 0.05) is 0 Å². The highest BCUT2D eigenvalue weighted by Crippen LogP contribution is 2.63. The highest BCUT2D eigenvalue weighted by Gasteiger charge is 2.50. The Hall–Kier alpha value is -5.46. The van der Waals surface area contributed by atoms with E-state index in [2.05, 4.69) is 158 Å². The Morgan fingerprint density at radius 2 is 0.674 bits per heavy atom. The van der Waals surface area contributed by atoms with Gasteiger partial charge in [-0.1, -0.05) is 146 Å². The van der Waals surface area contributed by atoms with E-state index in [4.69, 9.17) is 0 Å². The van der Waals surface area contributed by atoms with E-state index in [1.54, 1.807) is 0 Å². The summed E-state index contributed by atoms with van der Waals surface area (Å²) < 4.78 is 0. The number of rotatable bonds is 2. The molecule has 10 rings (SSSR count). The van der Waals surface area contributed by atoms with Crippen molar-refractivity contribution in [2.75, 3.05) is 0 Å². The molecule has 0 fully saturated rings. The molecular formula is C43H26. The third kappa shape index (κ3) is 2.81. The molecule has 43 heavy (non-hydrogen) atoms. The van der Waals surface area contributed by atoms with E-state index in [1.807, 2.05) is 0 Å². The number of hydrogen-bond donors (Lipinski definition) is 0. The largest absolute Gasteiger partial charge is 0.0725 e. The van der Waals surface area contributed by atoms with Crippen molar-refractivity contribution in [2.45, 2.75) is 5.41 Å². The molecule has 0 nitrogen and oxygen atoms in total. The molecule has 2 aliphatic carbocycles. The lowest BCUT2D eigenvalue weighted by atomic mass is 9.70. The van der Waals surface area contributed by atoms with Crippen LogP contribution in [0.2, 0.25) is 0 Å². The Morgan fingerprint density at radius 3 is 1.14 bits per heavy atom. The SMILES string of the molecule is c1ccc(-c2cc3c(cc2-c2ccccc2)c2cccc4c2c2c(cccc32)C42c3ccccc3-c3ccccc32)cc1. The van der Waals surface area contributed by atoms with E-state index < -0.39 is 0 Å². The maximum Gasteiger partial charge on any atom is 0.0725 e. The van der Waals surface area contributed by atoms with Gasteiger partial charge in [0.2, 0.25) is 0 Å². The zero-order valence-corrected chi connectivity index (χ0v) is 23.5. The monoisotopic (exact) mass is 542 g/mol. The first-order valence-electron chi connectivity index (χ1n) is 15.1. The Bertz CT molecular complexity index is 2260. The summed E-state index contributed by atoms with van der Waals surface area (Å²) in [5, 5.41) is 8.11. The average molecular weight is 543 g/mol. The quantitative estimate of drug-likeness (QED) is 0.191. The van der Waals surface area contributed by atoms with Gasteiger partial charge in [-0.15, -0.1) is 0 Å². The first-order valence-corrected chi connectivity index (χ1v) is 15.1. The van der Waals surface area contributed by atoms with Crippen LogP contribution >= 0.6 is 0 Å². The van der Waals surface area contributed by atoms with Crippen molar-refractivity contribution in [3.63, 3.8) is 0 Å². The second-order valence-corrected chi connectivity index (χ2v) is 12.0. The van der Waals surface area contributed by atoms with Gasteiger partial charge in [-0.05, 0) is 100 Å². The highest BCUT2D eigenvalue weighted by molar-refractivity contribution is 6.30. The summed E-state index contributed by atoms with van der Waals surface area (Å²) in [4.78, 5) is 0. The smallest absolute Gasteiger partial charge is 0.0622 e. The molecule has 0 atom stereocenters. The van der Waals surface area contributed by atoms with Crippen LogP contribution in [-0.4, -0.2) is 0 Å². The van der Waals surface area contributed by atoms with E-state index in [0.29, 0.717) is 0 Å². The van der Waals surface area contributed by atoms with Crippen molar-refractivity contribution in [1.82, 2.24) is 0 Å². The summed E-state index contributed by atoms with van der Waals surface area (Å²) in [5.41, 5.74) is 13.0. The molecule has 0 aromatic heterocycles. The lowest BCUT2D eigenvalue weighted by Crippen LogP contribution is -2.25. The van der Waals surface area contributed by atoms with Crippen molar-refractivity contribution < 1.29 is 0 Å². The van der Waals surface area contributed by atoms with E-state index >= 15 is 0 Å². The van der Waals surface area contributed by atoms with Crippen LogP contribution in [0.4, 0.5) is 0 Å². The predicted molar refractivity (Wildman–Crippen MR) is 181 cm³/mol. The lowest BCUT2D eigenvalue weighted by molar-refractivity contribution is 0.797. The maximum absolute atomic E-state index is 2.46. The normalized spacial score (nSPS) is 13.8. The molecule has 8 aromatic carbocycles. The molecule has 0 saturated heterocycles. The Labute approximate surface area is 250 Å². The fourth-order valence-corrected chi connectivity index (χ4v) is 8.44. The van der Waals surface area contributed by atoms with Crippen molar-refractivity contribution in [3.8, 4) is 33.4 Å². The van der Waals surface area contributed by atoms with Crippen molar-refractivity contribution in [3.05, 3.63) is 180 Å². The molecule has 0 amide bonds. The Balaban J connectivity index is 1.41. The molecule has 0 radical (unpaired) electrons. The molecular weight excluding hydrogens is 516 g/mol. The summed E-state index contributed by atoms with van der Waals surface area (Å²) in [6.07, 6.45) is 0. The van der Waals surface area contributed by atoms with Crippen LogP contribution in [0.25, 0.3) is 65.7 Å². The number of fused-ring (bicyclic) bond motifs is 10. The fourth-order valence-electron chi connectivity index (χ4n) is 8.44. The zero-order valence-electron chi connectivity index (χ0n) is 23.5. The van der Waals surface area contributed by atoms with Gasteiger partial charge in [0.05, 0.1) is 5.41 Å². The predicted octanol–water partition coefficient (Wildman–Crippen LogP) is 11.2. The molecule has 8 aromatic rings. The van der Waals surface area contributed by atoms with E-state index in [0.717, 1.165) is 0 Å². The van der Waals surface area contributed by atoms with Crippen LogP contribution < -0.4 is 0 Å². The van der Waals surface area contributed by atoms with Gasteiger partial charge in [0.1, 0.15) is 0 Å². The molecule has 0 unspecified atom stereocenters. The minimum atomic E-state index is -0.323. The molecule has 0 heterocycles. The van der Waals surface area contributed by atoms with Crippen LogP contribution in [-0.2, 0) is 5.41 Å². The molecule has 0 N–H and O–H groups in total. The van der Waals surface area contributed by atoms with Crippen LogP contribution in [0.15, 0.2) is 158 Å². The van der Waals surface area contributed by atoms with Crippen LogP contribution in [0.1, 0.15) is 22.3 Å². The summed E-state index contributed by atoms with van der Waals surface area (Å²) in [5.74, 6) is 0. The third-order valence-corrected chi connectivity index (χ3v) is 10.0. The molecule has 1 spiro atoms. The van der Waals surface area contributed by atoms with Crippen LogP contribution in [0.5, 0.6) is 0 Å². The average Bonchev–Trinajstić information content (AvgIpc) is 3.56. The molecule has 0 aliphatic heterocycles. The molecule has 2 aliphatic rings. The molecule has 198 valence electrons. The van der Waals surface area contributed by atoms with Crippen molar-refractivity contribution in [2.24, 2.45) is 0 Å². The topological polar surface area (TPSA) is 0 Å². The Kier molecular flexibility index (Phi) is 4.47. The van der Waals surface area contributed by atoms with Gasteiger partial charge in [0.25, 0.3) is 0 Å². The second-order valence-electron chi connectivity index (χ2n) is 12.0. The molecule has 0 saturated carbocycles. The van der Waals surface area contributed by atoms with E-state index in [9.17, 15) is 0 Å². The van der Waals surface area contributed by atoms with Crippen molar-refractivity contribution in [1.29, 1.82) is 0 Å². The third-order valence-electron chi connectivity index (χ3n) is 10.0. The van der Waals surface area contributed by atoms with Gasteiger partial charge in [-0.25, -0.2) is 0 Å². The van der Waals surface area contributed by atoms with Crippen LogP contribution in [0, 0.1) is 0 Å². The van der Waals surface area contributed by atoms with Gasteiger partial charge in [-0.3, -0.25) is 0 Å². The zero-order chi connectivity index (χ0) is 28.1.